The Balaban J connectivity index is -0.000000176. The Morgan fingerprint density at radius 2 is 1.24 bits per heavy atom. The van der Waals surface area contributed by atoms with Crippen molar-refractivity contribution in [2.24, 2.45) is 5.41 Å². The van der Waals surface area contributed by atoms with Crippen molar-refractivity contribution in [2.45, 2.75) is 80.1 Å². The van der Waals surface area contributed by atoms with Crippen molar-refractivity contribution in [3.63, 3.8) is 0 Å². The lowest BCUT2D eigenvalue weighted by atomic mass is 9.97. The van der Waals surface area contributed by atoms with Gasteiger partial charge in [-0.2, -0.15) is 0 Å². The molecule has 0 bridgehead atoms. The Morgan fingerprint density at radius 1 is 0.857 bits per heavy atom. The number of hydrogen-bond donors (Lipinski definition) is 1. The van der Waals surface area contributed by atoms with Crippen LogP contribution in [0.5, 0.6) is 0 Å². The molecule has 1 N–H and O–H groups in total. The van der Waals surface area contributed by atoms with E-state index in [2.05, 4.69) is 50.6 Å². The molecule has 0 unspecified atom stereocenters. The topological polar surface area (TPSA) is 21.3 Å². The van der Waals surface area contributed by atoms with Gasteiger partial charge in [0.05, 0.1) is 0 Å². The lowest BCUT2D eigenvalue weighted by molar-refractivity contribution is 0.277. The largest absolute Gasteiger partial charge is 0.388 e. The molecule has 0 aliphatic heterocycles. The molecule has 0 aliphatic rings. The molecule has 0 saturated heterocycles. The summed E-state index contributed by atoms with van der Waals surface area (Å²) in [6, 6.07) is 0. The van der Waals surface area contributed by atoms with E-state index < -0.39 is 0 Å². The van der Waals surface area contributed by atoms with Gasteiger partial charge in [0, 0.05) is 14.2 Å². The van der Waals surface area contributed by atoms with Crippen molar-refractivity contribution < 1.29 is 4.74 Å². The Hall–Kier alpha value is -0.520. The highest BCUT2D eigenvalue weighted by atomic mass is 16.4. The standard InChI is InChI=1S/C13H29N.C2H6O.C2H6.C2H2/c1-5-6-7-8-9-10-11-14-12-13(2,3)4;1-3-2;2*1-2/h14H,5-12H2,1-4H3;1-2H3;1-2H3;1-2H. The predicted molar refractivity (Wildman–Crippen MR) is 99.9 cm³/mol. The molecular weight excluding hydrogens is 258 g/mol. The molecule has 2 nitrogen and oxygen atoms in total. The first-order valence-corrected chi connectivity index (χ1v) is 8.42. The fourth-order valence-electron chi connectivity index (χ4n) is 1.49. The van der Waals surface area contributed by atoms with Crippen LogP contribution in [0.2, 0.25) is 0 Å². The second kappa shape index (κ2) is 27.8. The van der Waals surface area contributed by atoms with Crippen LogP contribution in [-0.2, 0) is 4.74 Å². The molecule has 130 valence electrons. The average molecular weight is 302 g/mol. The van der Waals surface area contributed by atoms with Gasteiger partial charge in [-0.25, -0.2) is 0 Å². The maximum atomic E-state index is 4.25. The molecule has 0 fully saturated rings. The van der Waals surface area contributed by atoms with Gasteiger partial charge in [0.15, 0.2) is 0 Å². The highest BCUT2D eigenvalue weighted by molar-refractivity contribution is 4.64. The SMILES string of the molecule is C#C.CC.CCCCCCCCNCC(C)(C)C.COC. The lowest BCUT2D eigenvalue weighted by Gasteiger charge is -2.18. The second-order valence-corrected chi connectivity index (χ2v) is 5.91. The van der Waals surface area contributed by atoms with E-state index in [-0.39, 0.29) is 0 Å². The third-order valence-electron chi connectivity index (χ3n) is 2.36. The summed E-state index contributed by atoms with van der Waals surface area (Å²) < 4.78 is 4.25. The number of terminal acetylenes is 1. The van der Waals surface area contributed by atoms with Crippen LogP contribution in [-0.4, -0.2) is 27.3 Å². The zero-order valence-corrected chi connectivity index (χ0v) is 16.2. The van der Waals surface area contributed by atoms with E-state index in [1.54, 1.807) is 14.2 Å². The molecular formula is C19H43NO. The zero-order chi connectivity index (χ0) is 17.6. The minimum atomic E-state index is 0.433. The molecule has 0 aromatic carbocycles. The van der Waals surface area contributed by atoms with E-state index in [4.69, 9.17) is 0 Å². The summed E-state index contributed by atoms with van der Waals surface area (Å²) in [7, 11) is 3.25. The molecule has 0 rings (SSSR count). The second-order valence-electron chi connectivity index (χ2n) is 5.91. The van der Waals surface area contributed by atoms with Crippen molar-refractivity contribution in [2.75, 3.05) is 27.3 Å². The van der Waals surface area contributed by atoms with Crippen molar-refractivity contribution in [1.82, 2.24) is 5.32 Å². The lowest BCUT2D eigenvalue weighted by Crippen LogP contribution is -2.27. The van der Waals surface area contributed by atoms with E-state index >= 15 is 0 Å². The van der Waals surface area contributed by atoms with Gasteiger partial charge >= 0.3 is 0 Å². The monoisotopic (exact) mass is 301 g/mol. The molecule has 0 aliphatic carbocycles. The van der Waals surface area contributed by atoms with E-state index in [1.807, 2.05) is 13.8 Å². The molecule has 0 spiro atoms. The van der Waals surface area contributed by atoms with Crippen LogP contribution in [0.3, 0.4) is 0 Å². The maximum Gasteiger partial charge on any atom is 0.0351 e. The van der Waals surface area contributed by atoms with Crippen molar-refractivity contribution >= 4 is 0 Å². The van der Waals surface area contributed by atoms with Gasteiger partial charge in [-0.3, -0.25) is 0 Å². The predicted octanol–water partition coefficient (Wildman–Crippen LogP) is 5.52. The van der Waals surface area contributed by atoms with Gasteiger partial charge in [-0.15, -0.1) is 12.8 Å². The highest BCUT2D eigenvalue weighted by Gasteiger charge is 2.07. The van der Waals surface area contributed by atoms with Gasteiger partial charge in [0.1, 0.15) is 0 Å². The molecule has 0 heterocycles. The Labute approximate surface area is 136 Å². The Bertz CT molecular complexity index is 159. The number of hydrogen-bond acceptors (Lipinski definition) is 2. The summed E-state index contributed by atoms with van der Waals surface area (Å²) in [4.78, 5) is 0. The minimum Gasteiger partial charge on any atom is -0.388 e. The van der Waals surface area contributed by atoms with Crippen LogP contribution in [0.25, 0.3) is 0 Å². The summed E-state index contributed by atoms with van der Waals surface area (Å²) in [5.74, 6) is 0. The number of rotatable bonds is 8. The Kier molecular flexibility index (Phi) is 37.8. The molecule has 0 aromatic rings. The fraction of sp³-hybridized carbons (Fsp3) is 0.895. The average Bonchev–Trinajstić information content (AvgIpc) is 2.46. The van der Waals surface area contributed by atoms with Gasteiger partial charge in [-0.05, 0) is 24.9 Å². The van der Waals surface area contributed by atoms with Crippen LogP contribution in [0, 0.1) is 18.3 Å². The summed E-state index contributed by atoms with van der Waals surface area (Å²) >= 11 is 0. The molecule has 0 amide bonds. The van der Waals surface area contributed by atoms with E-state index in [9.17, 15) is 0 Å². The summed E-state index contributed by atoms with van der Waals surface area (Å²) in [5, 5.41) is 3.52. The summed E-state index contributed by atoms with van der Waals surface area (Å²) in [5.41, 5.74) is 0.433. The van der Waals surface area contributed by atoms with Gasteiger partial charge in [0.2, 0.25) is 0 Å². The first-order chi connectivity index (χ1) is 9.97. The smallest absolute Gasteiger partial charge is 0.0351 e. The molecule has 2 heteroatoms. The van der Waals surface area contributed by atoms with Crippen LogP contribution in [0.1, 0.15) is 80.1 Å². The van der Waals surface area contributed by atoms with Crippen molar-refractivity contribution in [3.05, 3.63) is 0 Å². The number of nitrogens with one attached hydrogen (secondary N) is 1. The van der Waals surface area contributed by atoms with Crippen LogP contribution in [0.4, 0.5) is 0 Å². The zero-order valence-electron chi connectivity index (χ0n) is 16.2. The highest BCUT2D eigenvalue weighted by Crippen LogP contribution is 2.10. The maximum absolute atomic E-state index is 4.25. The minimum absolute atomic E-state index is 0.433. The first kappa shape index (κ1) is 28.6. The third-order valence-corrected chi connectivity index (χ3v) is 2.36. The summed E-state index contributed by atoms with van der Waals surface area (Å²) in [6.45, 7) is 15.4. The van der Waals surface area contributed by atoms with Crippen molar-refractivity contribution in [3.8, 4) is 12.8 Å². The molecule has 21 heavy (non-hydrogen) atoms. The molecule has 0 saturated carbocycles. The third kappa shape index (κ3) is 54.2. The van der Waals surface area contributed by atoms with Crippen LogP contribution in [0.15, 0.2) is 0 Å². The number of ether oxygens (including phenoxy) is 1. The van der Waals surface area contributed by atoms with Gasteiger partial charge < -0.3 is 10.1 Å². The first-order valence-electron chi connectivity index (χ1n) is 8.42. The van der Waals surface area contributed by atoms with E-state index in [0.717, 1.165) is 6.54 Å². The molecule has 0 radical (unpaired) electrons. The quantitative estimate of drug-likeness (QED) is 0.471. The van der Waals surface area contributed by atoms with E-state index in [0.29, 0.717) is 5.41 Å². The van der Waals surface area contributed by atoms with Gasteiger partial charge in [-0.1, -0.05) is 73.6 Å². The summed E-state index contributed by atoms with van der Waals surface area (Å²) in [6.07, 6.45) is 16.4. The molecule has 0 aromatic heterocycles. The van der Waals surface area contributed by atoms with Crippen LogP contribution >= 0.6 is 0 Å². The molecule has 0 atom stereocenters. The van der Waals surface area contributed by atoms with E-state index in [1.165, 1.54) is 45.1 Å². The Morgan fingerprint density at radius 3 is 1.62 bits per heavy atom. The van der Waals surface area contributed by atoms with Gasteiger partial charge in [0.25, 0.3) is 0 Å². The number of methoxy groups -OCH3 is 1. The number of unbranched alkanes of at least 4 members (excludes halogenated alkanes) is 5. The van der Waals surface area contributed by atoms with Crippen molar-refractivity contribution in [1.29, 1.82) is 0 Å². The fourth-order valence-corrected chi connectivity index (χ4v) is 1.49. The normalized spacial score (nSPS) is 9.24. The van der Waals surface area contributed by atoms with Crippen LogP contribution < -0.4 is 5.32 Å².